The molecule has 5 unspecified atom stereocenters. The highest BCUT2D eigenvalue weighted by Crippen LogP contribution is 2.89. The fourth-order valence-corrected chi connectivity index (χ4v) is 16.7. The summed E-state index contributed by atoms with van der Waals surface area (Å²) in [5.41, 5.74) is 5.57. The molecule has 5 aromatic rings. The first kappa shape index (κ1) is 64.5. The first-order valence-electron chi connectivity index (χ1n) is 31.4. The van der Waals surface area contributed by atoms with Gasteiger partial charge in [0.05, 0.1) is 114 Å². The lowest BCUT2D eigenvalue weighted by Gasteiger charge is -2.64. The molecule has 6 aliphatic rings. The normalized spacial score (nSPS) is 23.6. The van der Waals surface area contributed by atoms with E-state index >= 15 is 0 Å². The van der Waals surface area contributed by atoms with Crippen molar-refractivity contribution in [3.8, 4) is 11.1 Å². The Hall–Kier alpha value is -7.03. The second-order valence-corrected chi connectivity index (χ2v) is 26.6. The van der Waals surface area contributed by atoms with Crippen LogP contribution >= 0.6 is 11.3 Å². The number of likely N-dealkylation sites (N-methyl/N-ethyl adjacent to an activating group) is 1. The van der Waals surface area contributed by atoms with Gasteiger partial charge >= 0.3 is 5.97 Å². The Morgan fingerprint density at radius 1 is 0.722 bits per heavy atom. The number of carbonyl (C=O) groups excluding carboxylic acids is 5. The number of pyridine rings is 1. The molecule has 2 aromatic carbocycles. The van der Waals surface area contributed by atoms with Crippen LogP contribution in [0.5, 0.6) is 0 Å². The number of hydrogen-bond acceptors (Lipinski definition) is 18. The maximum absolute atomic E-state index is 13.8. The van der Waals surface area contributed by atoms with Gasteiger partial charge in [-0.2, -0.15) is 5.10 Å². The Morgan fingerprint density at radius 2 is 1.40 bits per heavy atom. The van der Waals surface area contributed by atoms with Gasteiger partial charge in [0.2, 0.25) is 11.8 Å². The lowest BCUT2D eigenvalue weighted by molar-refractivity contribution is -0.158. The smallest absolute Gasteiger partial charge is 0.355 e. The number of thiazole rings is 1. The minimum absolute atomic E-state index is 0.00580. The molecule has 5 atom stereocenters. The number of hydrogen-bond donors (Lipinski definition) is 3. The molecule has 23 nitrogen and oxygen atoms in total. The number of anilines is 2. The highest BCUT2D eigenvalue weighted by atomic mass is 32.1. The topological polar surface area (TPSA) is 265 Å². The fourth-order valence-electron chi connectivity index (χ4n) is 15.9. The summed E-state index contributed by atoms with van der Waals surface area (Å²) in [6, 6.07) is 17.3. The number of amides is 5. The molecule has 3 bridgehead atoms. The molecule has 3 N–H and O–H groups in total. The maximum atomic E-state index is 13.8. The average Bonchev–Trinajstić information content (AvgIpc) is 1.46. The second kappa shape index (κ2) is 27.8. The van der Waals surface area contributed by atoms with Crippen LogP contribution in [0.4, 0.5) is 10.9 Å². The predicted octanol–water partition coefficient (Wildman–Crippen LogP) is 6.89. The number of nitrogens with one attached hydrogen (secondary N) is 2. The summed E-state index contributed by atoms with van der Waals surface area (Å²) in [7, 11) is 1.82. The number of rotatable bonds is 35. The van der Waals surface area contributed by atoms with E-state index in [1.807, 2.05) is 73.5 Å². The van der Waals surface area contributed by atoms with Crippen molar-refractivity contribution < 1.29 is 67.0 Å². The zero-order valence-electron chi connectivity index (χ0n) is 52.0. The Kier molecular flexibility index (Phi) is 19.9. The molecule has 11 rings (SSSR count). The summed E-state index contributed by atoms with van der Waals surface area (Å²) in [5, 5.41) is 21.9. The van der Waals surface area contributed by atoms with Crippen molar-refractivity contribution in [2.75, 3.05) is 129 Å². The van der Waals surface area contributed by atoms with Crippen LogP contribution in [0.25, 0.3) is 21.3 Å². The van der Waals surface area contributed by atoms with E-state index in [0.717, 1.165) is 76.0 Å². The average molecular weight is 1260 g/mol. The van der Waals surface area contributed by atoms with Gasteiger partial charge in [-0.1, -0.05) is 49.4 Å². The van der Waals surface area contributed by atoms with Crippen molar-refractivity contribution in [3.63, 3.8) is 0 Å². The van der Waals surface area contributed by atoms with Crippen LogP contribution in [-0.2, 0) is 71.8 Å². The summed E-state index contributed by atoms with van der Waals surface area (Å²) in [6.07, 6.45) is 11.4. The van der Waals surface area contributed by atoms with E-state index in [1.165, 1.54) is 23.5 Å². The summed E-state index contributed by atoms with van der Waals surface area (Å²) in [5.74, 6) is -1.92. The van der Waals surface area contributed by atoms with Crippen molar-refractivity contribution >= 4 is 68.0 Å². The fraction of sp³-hybridized carbons (Fsp3) is 0.561. The number of carboxylic acid groups (broad SMARTS) is 1. The lowest BCUT2D eigenvalue weighted by Crippen LogP contribution is -2.57. The number of para-hydroxylation sites is 1. The Balaban J connectivity index is 0.571. The third-order valence-electron chi connectivity index (χ3n) is 19.5. The van der Waals surface area contributed by atoms with Crippen LogP contribution in [0.3, 0.4) is 0 Å². The van der Waals surface area contributed by atoms with Crippen molar-refractivity contribution in [2.45, 2.75) is 97.2 Å². The molecule has 4 aliphatic carbocycles. The number of carboxylic acids is 1. The van der Waals surface area contributed by atoms with E-state index in [1.54, 1.807) is 11.1 Å². The molecule has 5 heterocycles. The quantitative estimate of drug-likeness (QED) is 0.0275. The van der Waals surface area contributed by atoms with Gasteiger partial charge in [-0.25, -0.2) is 14.8 Å². The molecular formula is C66H83N9O14S. The molecule has 4 saturated carbocycles. The van der Waals surface area contributed by atoms with Gasteiger partial charge in [-0.3, -0.25) is 38.9 Å². The summed E-state index contributed by atoms with van der Waals surface area (Å²) in [6.45, 7) is 14.5. The van der Waals surface area contributed by atoms with Gasteiger partial charge in [0.15, 0.2) is 10.8 Å². The number of carbonyl (C=O) groups is 6. The number of benzene rings is 2. The maximum Gasteiger partial charge on any atom is 0.355 e. The van der Waals surface area contributed by atoms with E-state index in [0.29, 0.717) is 141 Å². The molecule has 482 valence electrons. The SMILES string of the molecule is Cc1c(-c2ccc(N3CCc4cccc(C(=O)Nc5nc6ccccc6s5)c4C3)nc2C(=O)O)cnn1CC12CC3(OCCN(C)C(=O)CCOCCOCCOCCOCCOCCOCCNC(=O)CCN4C(=O)C=CC4=O)CC4(C)CC(C)(C1)C4(C2)C3. The van der Waals surface area contributed by atoms with E-state index in [-0.39, 0.29) is 76.7 Å². The minimum Gasteiger partial charge on any atom is -0.476 e. The number of ether oxygens (including phenoxy) is 7. The van der Waals surface area contributed by atoms with Crippen molar-refractivity contribution in [2.24, 2.45) is 21.7 Å². The summed E-state index contributed by atoms with van der Waals surface area (Å²) < 4.78 is 43.6. The second-order valence-electron chi connectivity index (χ2n) is 25.5. The first-order valence-corrected chi connectivity index (χ1v) is 32.2. The highest BCUT2D eigenvalue weighted by Gasteiger charge is 2.84. The summed E-state index contributed by atoms with van der Waals surface area (Å²) >= 11 is 1.43. The monoisotopic (exact) mass is 1260 g/mol. The molecule has 1 spiro atoms. The largest absolute Gasteiger partial charge is 0.476 e. The molecule has 5 amide bonds. The van der Waals surface area contributed by atoms with E-state index < -0.39 is 17.8 Å². The van der Waals surface area contributed by atoms with Gasteiger partial charge in [-0.15, -0.1) is 0 Å². The molecular weight excluding hydrogens is 1170 g/mol. The van der Waals surface area contributed by atoms with Crippen molar-refractivity contribution in [1.82, 2.24) is 34.9 Å². The van der Waals surface area contributed by atoms with E-state index in [9.17, 15) is 33.9 Å². The van der Waals surface area contributed by atoms with Crippen molar-refractivity contribution in [3.05, 3.63) is 101 Å². The van der Waals surface area contributed by atoms with Gasteiger partial charge in [0.1, 0.15) is 5.82 Å². The molecule has 3 aromatic heterocycles. The van der Waals surface area contributed by atoms with E-state index in [4.69, 9.17) is 43.2 Å². The van der Waals surface area contributed by atoms with Crippen molar-refractivity contribution in [1.29, 1.82) is 0 Å². The molecule has 24 heteroatoms. The van der Waals surface area contributed by atoms with Gasteiger partial charge in [0, 0.05) is 87.3 Å². The van der Waals surface area contributed by atoms with Gasteiger partial charge < -0.3 is 53.4 Å². The molecule has 4 fully saturated rings. The van der Waals surface area contributed by atoms with E-state index in [2.05, 4.69) is 34.1 Å². The third kappa shape index (κ3) is 13.9. The van der Waals surface area contributed by atoms with Gasteiger partial charge in [-0.05, 0) is 115 Å². The Labute approximate surface area is 528 Å². The molecule has 2 aliphatic heterocycles. The predicted molar refractivity (Wildman–Crippen MR) is 334 cm³/mol. The van der Waals surface area contributed by atoms with Crippen LogP contribution < -0.4 is 15.5 Å². The summed E-state index contributed by atoms with van der Waals surface area (Å²) in [4.78, 5) is 89.4. The number of aromatic nitrogens is 4. The Bertz CT molecular complexity index is 3450. The molecule has 0 radical (unpaired) electrons. The zero-order valence-corrected chi connectivity index (χ0v) is 52.8. The number of imide groups is 1. The third-order valence-corrected chi connectivity index (χ3v) is 20.4. The minimum atomic E-state index is -1.12. The number of fused-ring (bicyclic) bond motifs is 4. The van der Waals surface area contributed by atoms with Gasteiger partial charge in [0.25, 0.3) is 17.7 Å². The van der Waals surface area contributed by atoms with Crippen LogP contribution in [0.2, 0.25) is 0 Å². The number of nitrogens with zero attached hydrogens (tertiary/aromatic N) is 7. The standard InChI is InChI=1S/C66H83N9O14S/c1-45-49(47-12-13-53(70-58(47)60(81)82)73-20-16-46-8-7-9-48(50(46)37-73)59(80)71-61-69-51-10-5-6-11-52(51)90-61)36-68-75(45)44-64-39-62(2)38-63(3)40-65(41-64,43-66(62,63)42-64)89-25-22-72(4)55(77)18-23-83-26-28-85-30-32-87-34-35-88-33-31-86-29-27-84-24-19-67-54(76)17-21-74-56(78)14-15-57(74)79/h5-15,36H,16-35,37-44H2,1-4H3,(H,67,76)(H,81,82)(H,69,71,80). The Morgan fingerprint density at radius 3 is 2.10 bits per heavy atom. The highest BCUT2D eigenvalue weighted by molar-refractivity contribution is 7.22. The molecule has 90 heavy (non-hydrogen) atoms. The zero-order chi connectivity index (χ0) is 63.1. The van der Waals surface area contributed by atoms with Crippen LogP contribution in [0.1, 0.15) is 103 Å². The molecule has 0 saturated heterocycles. The van der Waals surface area contributed by atoms with Crippen LogP contribution in [-0.4, -0.2) is 195 Å². The van der Waals surface area contributed by atoms with Crippen LogP contribution in [0, 0.1) is 28.6 Å². The lowest BCUT2D eigenvalue weighted by atomic mass is 9.40. The van der Waals surface area contributed by atoms with Crippen LogP contribution in [0.15, 0.2) is 72.9 Å². The number of aromatic carboxylic acids is 1. The first-order chi connectivity index (χ1) is 43.4.